The van der Waals surface area contributed by atoms with Gasteiger partial charge in [-0.2, -0.15) is 0 Å². The summed E-state index contributed by atoms with van der Waals surface area (Å²) in [5, 5.41) is 13.7. The summed E-state index contributed by atoms with van der Waals surface area (Å²) in [6, 6.07) is 11.9. The molecule has 0 atom stereocenters. The number of non-ortho nitro benzene ring substituents is 1. The SMILES string of the molecule is O=C(CCCn1c(=O)oc2cc([N+](=O)[O-])ccc21)Nc1ccc(N2CCCCC2)cc1. The molecule has 4 rings (SSSR count). The largest absolute Gasteiger partial charge is 0.419 e. The molecule has 0 saturated carbocycles. The Bertz CT molecular complexity index is 1140. The predicted molar refractivity (Wildman–Crippen MR) is 117 cm³/mol. The monoisotopic (exact) mass is 424 g/mol. The third-order valence-electron chi connectivity index (χ3n) is 5.52. The first-order valence-electron chi connectivity index (χ1n) is 10.4. The molecule has 1 aliphatic heterocycles. The molecule has 1 fully saturated rings. The van der Waals surface area contributed by atoms with Gasteiger partial charge in [-0.05, 0) is 56.0 Å². The molecule has 1 amide bonds. The number of aromatic nitrogens is 1. The molecule has 0 unspecified atom stereocenters. The molecular weight excluding hydrogens is 400 g/mol. The molecule has 162 valence electrons. The number of carbonyl (C=O) groups is 1. The molecule has 2 aromatic carbocycles. The summed E-state index contributed by atoms with van der Waals surface area (Å²) < 4.78 is 6.49. The van der Waals surface area contributed by atoms with Crippen LogP contribution < -0.4 is 16.0 Å². The van der Waals surface area contributed by atoms with Crippen LogP contribution in [0, 0.1) is 10.1 Å². The Hall–Kier alpha value is -3.62. The molecule has 0 bridgehead atoms. The van der Waals surface area contributed by atoms with Crippen LogP contribution in [0.25, 0.3) is 11.1 Å². The smallest absolute Gasteiger partial charge is 0.407 e. The van der Waals surface area contributed by atoms with Gasteiger partial charge in [0.2, 0.25) is 5.91 Å². The van der Waals surface area contributed by atoms with Crippen LogP contribution in [0.2, 0.25) is 0 Å². The van der Waals surface area contributed by atoms with E-state index in [1.807, 2.05) is 24.3 Å². The number of piperidine rings is 1. The highest BCUT2D eigenvalue weighted by molar-refractivity contribution is 5.90. The number of carbonyl (C=O) groups excluding carboxylic acids is 1. The Morgan fingerprint density at radius 3 is 2.55 bits per heavy atom. The standard InChI is InChI=1S/C22H24N4O5/c27-21(23-16-6-8-17(9-7-16)24-12-2-1-3-13-24)5-4-14-25-19-11-10-18(26(29)30)15-20(19)31-22(25)28/h6-11,15H,1-5,12-14H2,(H,23,27). The number of anilines is 2. The zero-order valence-corrected chi connectivity index (χ0v) is 17.1. The minimum Gasteiger partial charge on any atom is -0.407 e. The Labute approximate surface area is 178 Å². The van der Waals surface area contributed by atoms with E-state index in [2.05, 4.69) is 10.2 Å². The van der Waals surface area contributed by atoms with Crippen molar-refractivity contribution in [3.63, 3.8) is 0 Å². The van der Waals surface area contributed by atoms with Crippen LogP contribution in [-0.4, -0.2) is 28.5 Å². The number of nitrogens with one attached hydrogen (secondary N) is 1. The summed E-state index contributed by atoms with van der Waals surface area (Å²) in [6.45, 7) is 2.42. The quantitative estimate of drug-likeness (QED) is 0.455. The van der Waals surface area contributed by atoms with Gasteiger partial charge in [0.15, 0.2) is 5.58 Å². The fourth-order valence-corrected chi connectivity index (χ4v) is 3.91. The van der Waals surface area contributed by atoms with Gasteiger partial charge in [-0.25, -0.2) is 4.79 Å². The number of rotatable bonds is 7. The number of hydrogen-bond donors (Lipinski definition) is 1. The lowest BCUT2D eigenvalue weighted by atomic mass is 10.1. The summed E-state index contributed by atoms with van der Waals surface area (Å²) >= 11 is 0. The van der Waals surface area contributed by atoms with Gasteiger partial charge in [0.25, 0.3) is 5.69 Å². The second kappa shape index (κ2) is 9.03. The highest BCUT2D eigenvalue weighted by atomic mass is 16.6. The van der Waals surface area contributed by atoms with E-state index in [0.717, 1.165) is 18.8 Å². The Morgan fingerprint density at radius 2 is 1.84 bits per heavy atom. The second-order valence-corrected chi connectivity index (χ2v) is 7.68. The topological polar surface area (TPSA) is 111 Å². The van der Waals surface area contributed by atoms with Crippen molar-refractivity contribution < 1.29 is 14.1 Å². The van der Waals surface area contributed by atoms with E-state index in [0.29, 0.717) is 11.9 Å². The van der Waals surface area contributed by atoms with Gasteiger partial charge in [-0.1, -0.05) is 0 Å². The lowest BCUT2D eigenvalue weighted by Crippen LogP contribution is -2.29. The van der Waals surface area contributed by atoms with E-state index in [1.165, 1.54) is 47.7 Å². The first kappa shape index (κ1) is 20.6. The van der Waals surface area contributed by atoms with E-state index in [-0.39, 0.29) is 30.1 Å². The van der Waals surface area contributed by atoms with Crippen molar-refractivity contribution in [3.05, 3.63) is 63.1 Å². The maximum Gasteiger partial charge on any atom is 0.419 e. The average Bonchev–Trinajstić information content (AvgIpc) is 3.09. The highest BCUT2D eigenvalue weighted by Gasteiger charge is 2.15. The van der Waals surface area contributed by atoms with Crippen LogP contribution in [0.1, 0.15) is 32.1 Å². The van der Waals surface area contributed by atoms with Crippen molar-refractivity contribution in [2.24, 2.45) is 0 Å². The van der Waals surface area contributed by atoms with E-state index in [9.17, 15) is 19.7 Å². The third-order valence-corrected chi connectivity index (χ3v) is 5.52. The summed E-state index contributed by atoms with van der Waals surface area (Å²) in [7, 11) is 0. The van der Waals surface area contributed by atoms with E-state index in [1.54, 1.807) is 0 Å². The van der Waals surface area contributed by atoms with Crippen molar-refractivity contribution in [3.8, 4) is 0 Å². The van der Waals surface area contributed by atoms with Gasteiger partial charge >= 0.3 is 5.76 Å². The van der Waals surface area contributed by atoms with Gasteiger partial charge in [-0.3, -0.25) is 19.5 Å². The summed E-state index contributed by atoms with van der Waals surface area (Å²) in [6.07, 6.45) is 4.38. The molecule has 3 aromatic rings. The van der Waals surface area contributed by atoms with Gasteiger partial charge < -0.3 is 14.6 Å². The fraction of sp³-hybridized carbons (Fsp3) is 0.364. The molecule has 9 nitrogen and oxygen atoms in total. The van der Waals surface area contributed by atoms with E-state index >= 15 is 0 Å². The number of fused-ring (bicyclic) bond motifs is 1. The maximum absolute atomic E-state index is 12.3. The van der Waals surface area contributed by atoms with Crippen LogP contribution in [-0.2, 0) is 11.3 Å². The summed E-state index contributed by atoms with van der Waals surface area (Å²) in [5.41, 5.74) is 2.41. The van der Waals surface area contributed by atoms with Crippen molar-refractivity contribution in [2.45, 2.75) is 38.6 Å². The van der Waals surface area contributed by atoms with Crippen LogP contribution >= 0.6 is 0 Å². The number of benzene rings is 2. The Balaban J connectivity index is 1.32. The van der Waals surface area contributed by atoms with Gasteiger partial charge in [-0.15, -0.1) is 0 Å². The molecule has 2 heterocycles. The first-order valence-corrected chi connectivity index (χ1v) is 10.4. The van der Waals surface area contributed by atoms with Crippen molar-refractivity contribution >= 4 is 34.1 Å². The number of hydrogen-bond acceptors (Lipinski definition) is 6. The number of nitro groups is 1. The zero-order valence-electron chi connectivity index (χ0n) is 17.1. The van der Waals surface area contributed by atoms with Gasteiger partial charge in [0.05, 0.1) is 16.5 Å². The van der Waals surface area contributed by atoms with Crippen LogP contribution in [0.5, 0.6) is 0 Å². The molecule has 0 spiro atoms. The van der Waals surface area contributed by atoms with Crippen molar-refractivity contribution in [1.29, 1.82) is 0 Å². The minimum atomic E-state index is -0.593. The first-order chi connectivity index (χ1) is 15.0. The second-order valence-electron chi connectivity index (χ2n) is 7.68. The molecule has 1 saturated heterocycles. The Morgan fingerprint density at radius 1 is 1.10 bits per heavy atom. The minimum absolute atomic E-state index is 0.137. The molecule has 1 N–H and O–H groups in total. The normalized spacial score (nSPS) is 14.0. The van der Waals surface area contributed by atoms with Crippen molar-refractivity contribution in [2.75, 3.05) is 23.3 Å². The molecule has 1 aromatic heterocycles. The molecule has 0 aliphatic carbocycles. The molecule has 9 heteroatoms. The van der Waals surface area contributed by atoms with Gasteiger partial charge in [0, 0.05) is 43.5 Å². The Kier molecular flexibility index (Phi) is 6.01. The lowest BCUT2D eigenvalue weighted by Gasteiger charge is -2.28. The maximum atomic E-state index is 12.3. The molecule has 0 radical (unpaired) electrons. The lowest BCUT2D eigenvalue weighted by molar-refractivity contribution is -0.384. The summed E-state index contributed by atoms with van der Waals surface area (Å²) in [4.78, 5) is 37.0. The number of nitro benzene ring substituents is 1. The van der Waals surface area contributed by atoms with Crippen LogP contribution in [0.15, 0.2) is 51.7 Å². The molecular formula is C22H24N4O5. The fourth-order valence-electron chi connectivity index (χ4n) is 3.91. The van der Waals surface area contributed by atoms with E-state index < -0.39 is 10.7 Å². The van der Waals surface area contributed by atoms with Crippen LogP contribution in [0.4, 0.5) is 17.1 Å². The molecule has 31 heavy (non-hydrogen) atoms. The zero-order chi connectivity index (χ0) is 21.8. The highest BCUT2D eigenvalue weighted by Crippen LogP contribution is 2.22. The number of oxazole rings is 1. The van der Waals surface area contributed by atoms with Gasteiger partial charge in [0.1, 0.15) is 0 Å². The number of aryl methyl sites for hydroxylation is 1. The average molecular weight is 424 g/mol. The summed E-state index contributed by atoms with van der Waals surface area (Å²) in [5.74, 6) is -0.730. The predicted octanol–water partition coefficient (Wildman–Crippen LogP) is 3.91. The van der Waals surface area contributed by atoms with Crippen molar-refractivity contribution in [1.82, 2.24) is 4.57 Å². The molecule has 1 aliphatic rings. The number of nitrogens with zero attached hydrogens (tertiary/aromatic N) is 3. The number of amides is 1. The van der Waals surface area contributed by atoms with E-state index in [4.69, 9.17) is 4.42 Å². The third kappa shape index (κ3) is 4.76. The van der Waals surface area contributed by atoms with Crippen LogP contribution in [0.3, 0.4) is 0 Å².